The highest BCUT2D eigenvalue weighted by Crippen LogP contribution is 2.26. The Labute approximate surface area is 99.7 Å². The number of hydrogen-bond donors (Lipinski definition) is 2. The third kappa shape index (κ3) is 2.51. The first kappa shape index (κ1) is 11.4. The Morgan fingerprint density at radius 3 is 2.94 bits per heavy atom. The Bertz CT molecular complexity index is 443. The molecule has 0 saturated carbocycles. The van der Waals surface area contributed by atoms with Crippen molar-refractivity contribution < 1.29 is 0 Å². The molecule has 2 rings (SSSR count). The molecule has 0 aliphatic carbocycles. The van der Waals surface area contributed by atoms with Gasteiger partial charge in [-0.15, -0.1) is 11.3 Å². The fourth-order valence-corrected chi connectivity index (χ4v) is 2.35. The summed E-state index contributed by atoms with van der Waals surface area (Å²) in [6.07, 6.45) is 2.85. The fraction of sp³-hybridized carbons (Fsp3) is 0.417. The second kappa shape index (κ2) is 4.39. The molecule has 2 aromatic heterocycles. The number of thiazole rings is 1. The summed E-state index contributed by atoms with van der Waals surface area (Å²) >= 11 is 1.68. The van der Waals surface area contributed by atoms with E-state index in [1.807, 2.05) is 18.3 Å². The summed E-state index contributed by atoms with van der Waals surface area (Å²) < 4.78 is 0. The van der Waals surface area contributed by atoms with Crippen LogP contribution in [0.3, 0.4) is 0 Å². The number of rotatable bonds is 4. The molecule has 0 radical (unpaired) electrons. The minimum Gasteiger partial charge on any atom is -0.359 e. The van der Waals surface area contributed by atoms with Crippen molar-refractivity contribution in [2.45, 2.75) is 20.3 Å². The molecule has 0 bridgehead atoms. The molecule has 0 atom stereocenters. The lowest BCUT2D eigenvalue weighted by Crippen LogP contribution is -2.26. The Kier molecular flexibility index (Phi) is 3.12. The number of nitrogens with two attached hydrogens (primary N) is 1. The summed E-state index contributed by atoms with van der Waals surface area (Å²) in [5.74, 6) is 0. The lowest BCUT2D eigenvalue weighted by molar-refractivity contribution is 0.373. The van der Waals surface area contributed by atoms with Gasteiger partial charge < -0.3 is 10.7 Å². The van der Waals surface area contributed by atoms with Crippen LogP contribution in [0.5, 0.6) is 0 Å². The second-order valence-electron chi connectivity index (χ2n) is 4.77. The number of nitrogens with one attached hydrogen (secondary N) is 1. The molecule has 0 saturated heterocycles. The number of hydrogen-bond acceptors (Lipinski definition) is 3. The van der Waals surface area contributed by atoms with Crippen molar-refractivity contribution in [1.82, 2.24) is 9.97 Å². The van der Waals surface area contributed by atoms with E-state index in [0.29, 0.717) is 6.54 Å². The van der Waals surface area contributed by atoms with Gasteiger partial charge in [0.25, 0.3) is 0 Å². The zero-order chi connectivity index (χ0) is 11.6. The molecule has 16 heavy (non-hydrogen) atoms. The minimum absolute atomic E-state index is 0.126. The van der Waals surface area contributed by atoms with Crippen LogP contribution in [0, 0.1) is 5.41 Å². The Morgan fingerprint density at radius 2 is 2.31 bits per heavy atom. The molecule has 0 fully saturated rings. The maximum atomic E-state index is 5.72. The minimum atomic E-state index is 0.126. The van der Waals surface area contributed by atoms with Gasteiger partial charge >= 0.3 is 0 Å². The van der Waals surface area contributed by atoms with Crippen molar-refractivity contribution in [3.8, 4) is 10.7 Å². The molecule has 2 aromatic rings. The number of nitrogens with zero attached hydrogens (tertiary/aromatic N) is 1. The van der Waals surface area contributed by atoms with Gasteiger partial charge in [-0.25, -0.2) is 4.98 Å². The standard InChI is InChI=1S/C12H17N3S/c1-12(2,8-13)6-9-7-16-11(15-9)10-4-3-5-14-10/h3-5,7,14H,6,8,13H2,1-2H3. The van der Waals surface area contributed by atoms with Gasteiger partial charge in [-0.05, 0) is 30.5 Å². The first-order chi connectivity index (χ1) is 7.61. The summed E-state index contributed by atoms with van der Waals surface area (Å²) in [7, 11) is 0. The molecule has 0 unspecified atom stereocenters. The van der Waals surface area contributed by atoms with Crippen molar-refractivity contribution >= 4 is 11.3 Å². The summed E-state index contributed by atoms with van der Waals surface area (Å²) in [6.45, 7) is 5.02. The molecular weight excluding hydrogens is 218 g/mol. The van der Waals surface area contributed by atoms with Crippen LogP contribution in [0.2, 0.25) is 0 Å². The smallest absolute Gasteiger partial charge is 0.139 e. The van der Waals surface area contributed by atoms with Gasteiger partial charge in [0, 0.05) is 11.6 Å². The maximum Gasteiger partial charge on any atom is 0.139 e. The van der Waals surface area contributed by atoms with E-state index in [1.165, 1.54) is 0 Å². The van der Waals surface area contributed by atoms with E-state index in [-0.39, 0.29) is 5.41 Å². The Morgan fingerprint density at radius 1 is 1.50 bits per heavy atom. The number of aromatic amines is 1. The first-order valence-corrected chi connectivity index (χ1v) is 6.27. The van der Waals surface area contributed by atoms with Gasteiger partial charge in [0.2, 0.25) is 0 Å². The van der Waals surface area contributed by atoms with Crippen LogP contribution in [0.4, 0.5) is 0 Å². The average molecular weight is 235 g/mol. The summed E-state index contributed by atoms with van der Waals surface area (Å²) in [5, 5.41) is 3.17. The summed E-state index contributed by atoms with van der Waals surface area (Å²) in [6, 6.07) is 4.02. The van der Waals surface area contributed by atoms with Gasteiger partial charge in [-0.1, -0.05) is 13.8 Å². The van der Waals surface area contributed by atoms with E-state index in [1.54, 1.807) is 11.3 Å². The third-order valence-corrected chi connectivity index (χ3v) is 3.52. The quantitative estimate of drug-likeness (QED) is 0.856. The summed E-state index contributed by atoms with van der Waals surface area (Å²) in [5.41, 5.74) is 8.07. The lowest BCUT2D eigenvalue weighted by atomic mass is 9.88. The van der Waals surface area contributed by atoms with Gasteiger partial charge in [0.15, 0.2) is 0 Å². The van der Waals surface area contributed by atoms with Crippen LogP contribution < -0.4 is 5.73 Å². The van der Waals surface area contributed by atoms with Crippen molar-refractivity contribution in [3.05, 3.63) is 29.4 Å². The van der Waals surface area contributed by atoms with E-state index < -0.39 is 0 Å². The molecule has 0 aliphatic rings. The molecule has 0 spiro atoms. The molecule has 3 nitrogen and oxygen atoms in total. The lowest BCUT2D eigenvalue weighted by Gasteiger charge is -2.20. The zero-order valence-electron chi connectivity index (χ0n) is 9.66. The van der Waals surface area contributed by atoms with E-state index in [0.717, 1.165) is 22.8 Å². The molecular formula is C12H17N3S. The van der Waals surface area contributed by atoms with Gasteiger partial charge in [-0.3, -0.25) is 0 Å². The highest BCUT2D eigenvalue weighted by atomic mass is 32.1. The zero-order valence-corrected chi connectivity index (χ0v) is 10.5. The van der Waals surface area contributed by atoms with Gasteiger partial charge in [0.05, 0.1) is 11.4 Å². The van der Waals surface area contributed by atoms with Gasteiger partial charge in [-0.2, -0.15) is 0 Å². The molecule has 0 aliphatic heterocycles. The van der Waals surface area contributed by atoms with Crippen LogP contribution in [0.1, 0.15) is 19.5 Å². The van der Waals surface area contributed by atoms with Crippen molar-refractivity contribution in [2.24, 2.45) is 11.1 Å². The van der Waals surface area contributed by atoms with E-state index in [4.69, 9.17) is 5.73 Å². The van der Waals surface area contributed by atoms with Crippen LogP contribution >= 0.6 is 11.3 Å². The first-order valence-electron chi connectivity index (χ1n) is 5.39. The largest absolute Gasteiger partial charge is 0.359 e. The number of H-pyrrole nitrogens is 1. The predicted molar refractivity (Wildman–Crippen MR) is 68.4 cm³/mol. The summed E-state index contributed by atoms with van der Waals surface area (Å²) in [4.78, 5) is 7.78. The molecule has 4 heteroatoms. The van der Waals surface area contributed by atoms with Crippen LogP contribution in [0.15, 0.2) is 23.7 Å². The van der Waals surface area contributed by atoms with Crippen molar-refractivity contribution in [2.75, 3.05) is 6.54 Å². The third-order valence-electron chi connectivity index (χ3n) is 2.59. The van der Waals surface area contributed by atoms with E-state index in [9.17, 15) is 0 Å². The number of aromatic nitrogens is 2. The average Bonchev–Trinajstić information content (AvgIpc) is 2.86. The van der Waals surface area contributed by atoms with Crippen LogP contribution in [0.25, 0.3) is 10.7 Å². The molecule has 3 N–H and O–H groups in total. The Balaban J connectivity index is 2.14. The molecule has 86 valence electrons. The molecule has 0 aromatic carbocycles. The van der Waals surface area contributed by atoms with Crippen LogP contribution in [-0.2, 0) is 6.42 Å². The maximum absolute atomic E-state index is 5.72. The predicted octanol–water partition coefficient (Wildman–Crippen LogP) is 2.67. The molecule has 2 heterocycles. The normalized spacial score (nSPS) is 11.9. The fourth-order valence-electron chi connectivity index (χ4n) is 1.54. The van der Waals surface area contributed by atoms with Crippen molar-refractivity contribution in [3.63, 3.8) is 0 Å². The van der Waals surface area contributed by atoms with Gasteiger partial charge in [0.1, 0.15) is 5.01 Å². The van der Waals surface area contributed by atoms with Crippen molar-refractivity contribution in [1.29, 1.82) is 0 Å². The SMILES string of the molecule is CC(C)(CN)Cc1csc(-c2ccc[nH]2)n1. The highest BCUT2D eigenvalue weighted by molar-refractivity contribution is 7.13. The Hall–Kier alpha value is -1.13. The second-order valence-corrected chi connectivity index (χ2v) is 5.63. The van der Waals surface area contributed by atoms with E-state index in [2.05, 4.69) is 29.2 Å². The molecule has 0 amide bonds. The monoisotopic (exact) mass is 235 g/mol. The topological polar surface area (TPSA) is 54.7 Å². The van der Waals surface area contributed by atoms with E-state index >= 15 is 0 Å². The van der Waals surface area contributed by atoms with Crippen LogP contribution in [-0.4, -0.2) is 16.5 Å². The highest BCUT2D eigenvalue weighted by Gasteiger charge is 2.18.